The minimum Gasteiger partial charge on any atom is -0.481 e. The van der Waals surface area contributed by atoms with Gasteiger partial charge in [-0.1, -0.05) is 30.3 Å². The first kappa shape index (κ1) is 14.1. The molecule has 1 N–H and O–H groups in total. The number of hydrogen-bond donors (Lipinski definition) is 1. The first-order valence-corrected chi connectivity index (χ1v) is 6.56. The zero-order valence-corrected chi connectivity index (χ0v) is 11.9. The van der Waals surface area contributed by atoms with Crippen molar-refractivity contribution in [1.82, 2.24) is 0 Å². The van der Waals surface area contributed by atoms with Crippen LogP contribution in [-0.4, -0.2) is 11.1 Å². The number of rotatable bonds is 4. The Morgan fingerprint density at radius 3 is 2.10 bits per heavy atom. The van der Waals surface area contributed by atoms with Gasteiger partial charge >= 0.3 is 5.97 Å². The van der Waals surface area contributed by atoms with E-state index in [0.29, 0.717) is 5.75 Å². The third kappa shape index (κ3) is 2.99. The van der Waals surface area contributed by atoms with E-state index in [1.54, 1.807) is 31.2 Å². The molecule has 0 bridgehead atoms. The van der Waals surface area contributed by atoms with Crippen molar-refractivity contribution in [2.45, 2.75) is 26.7 Å². The topological polar surface area (TPSA) is 46.5 Å². The molecule has 20 heavy (non-hydrogen) atoms. The summed E-state index contributed by atoms with van der Waals surface area (Å²) < 4.78 is 5.89. The molecular formula is C17H18O3. The van der Waals surface area contributed by atoms with Gasteiger partial charge in [0.1, 0.15) is 11.5 Å². The van der Waals surface area contributed by atoms with Crippen LogP contribution in [0.2, 0.25) is 0 Å². The van der Waals surface area contributed by atoms with Crippen molar-refractivity contribution < 1.29 is 14.6 Å². The second kappa shape index (κ2) is 5.78. The fourth-order valence-corrected chi connectivity index (χ4v) is 2.05. The third-order valence-electron chi connectivity index (χ3n) is 3.38. The number of aryl methyl sites for hydroxylation is 2. The molecule has 0 amide bonds. The van der Waals surface area contributed by atoms with E-state index in [0.717, 1.165) is 22.4 Å². The number of carbonyl (C=O) groups is 1. The van der Waals surface area contributed by atoms with Crippen LogP contribution in [0.5, 0.6) is 11.5 Å². The van der Waals surface area contributed by atoms with Crippen molar-refractivity contribution in [3.8, 4) is 11.5 Å². The van der Waals surface area contributed by atoms with Gasteiger partial charge in [0.25, 0.3) is 0 Å². The van der Waals surface area contributed by atoms with Crippen molar-refractivity contribution in [2.24, 2.45) is 0 Å². The summed E-state index contributed by atoms with van der Waals surface area (Å²) in [6.07, 6.45) is 0. The lowest BCUT2D eigenvalue weighted by Crippen LogP contribution is -2.06. The van der Waals surface area contributed by atoms with E-state index in [9.17, 15) is 4.79 Å². The number of hydrogen-bond acceptors (Lipinski definition) is 2. The van der Waals surface area contributed by atoms with E-state index in [2.05, 4.69) is 0 Å². The van der Waals surface area contributed by atoms with Gasteiger partial charge in [-0.15, -0.1) is 0 Å². The van der Waals surface area contributed by atoms with E-state index in [-0.39, 0.29) is 0 Å². The Morgan fingerprint density at radius 1 is 1.05 bits per heavy atom. The van der Waals surface area contributed by atoms with Crippen molar-refractivity contribution in [3.05, 3.63) is 59.2 Å². The molecule has 104 valence electrons. The highest BCUT2D eigenvalue weighted by Gasteiger charge is 2.13. The lowest BCUT2D eigenvalue weighted by atomic mass is 10.0. The molecule has 0 aromatic heterocycles. The maximum atomic E-state index is 10.9. The average Bonchev–Trinajstić information content (AvgIpc) is 2.43. The number of carboxylic acids is 1. The summed E-state index contributed by atoms with van der Waals surface area (Å²) in [6, 6.07) is 13.2. The lowest BCUT2D eigenvalue weighted by Gasteiger charge is -2.12. The first-order chi connectivity index (χ1) is 9.49. The summed E-state index contributed by atoms with van der Waals surface area (Å²) in [7, 11) is 0. The zero-order valence-electron chi connectivity index (χ0n) is 11.9. The first-order valence-electron chi connectivity index (χ1n) is 6.56. The Balaban J connectivity index is 2.21. The molecule has 2 rings (SSSR count). The van der Waals surface area contributed by atoms with E-state index in [1.165, 1.54) is 0 Å². The smallest absolute Gasteiger partial charge is 0.310 e. The highest BCUT2D eigenvalue weighted by molar-refractivity contribution is 5.75. The number of carboxylic acid groups (broad SMARTS) is 1. The molecule has 0 spiro atoms. The Labute approximate surface area is 118 Å². The molecule has 2 aromatic carbocycles. The van der Waals surface area contributed by atoms with Crippen molar-refractivity contribution in [2.75, 3.05) is 0 Å². The van der Waals surface area contributed by atoms with Gasteiger partial charge in [-0.25, -0.2) is 0 Å². The van der Waals surface area contributed by atoms with E-state index in [1.807, 2.05) is 32.0 Å². The fourth-order valence-electron chi connectivity index (χ4n) is 2.05. The summed E-state index contributed by atoms with van der Waals surface area (Å²) in [6.45, 7) is 5.68. The van der Waals surface area contributed by atoms with Crippen LogP contribution in [0.25, 0.3) is 0 Å². The summed E-state index contributed by atoms with van der Waals surface area (Å²) in [5.41, 5.74) is 2.92. The molecule has 1 atom stereocenters. The molecule has 2 aromatic rings. The minimum absolute atomic E-state index is 0.510. The molecule has 0 radical (unpaired) electrons. The van der Waals surface area contributed by atoms with E-state index in [4.69, 9.17) is 9.84 Å². The fraction of sp³-hybridized carbons (Fsp3) is 0.235. The van der Waals surface area contributed by atoms with Crippen LogP contribution in [0.3, 0.4) is 0 Å². The predicted octanol–water partition coefficient (Wildman–Crippen LogP) is 4.28. The van der Waals surface area contributed by atoms with Crippen LogP contribution in [0.4, 0.5) is 0 Å². The number of para-hydroxylation sites is 1. The maximum Gasteiger partial charge on any atom is 0.310 e. The van der Waals surface area contributed by atoms with E-state index >= 15 is 0 Å². The normalized spacial score (nSPS) is 11.9. The second-order valence-electron chi connectivity index (χ2n) is 4.95. The van der Waals surface area contributed by atoms with Crippen LogP contribution in [-0.2, 0) is 4.79 Å². The van der Waals surface area contributed by atoms with Gasteiger partial charge in [0.2, 0.25) is 0 Å². The zero-order chi connectivity index (χ0) is 14.7. The summed E-state index contributed by atoms with van der Waals surface area (Å²) in [5, 5.41) is 8.98. The molecule has 0 fully saturated rings. The second-order valence-corrected chi connectivity index (χ2v) is 4.95. The highest BCUT2D eigenvalue weighted by Crippen LogP contribution is 2.29. The standard InChI is InChI=1S/C17H18O3/c1-11-5-4-6-12(2)16(11)20-15-9-7-14(8-10-15)13(3)17(18)19/h4-10,13H,1-3H3,(H,18,19). The van der Waals surface area contributed by atoms with Gasteiger partial charge in [-0.2, -0.15) is 0 Å². The van der Waals surface area contributed by atoms with Crippen molar-refractivity contribution >= 4 is 5.97 Å². The van der Waals surface area contributed by atoms with Crippen LogP contribution in [0.1, 0.15) is 29.5 Å². The molecule has 0 aliphatic heterocycles. The van der Waals surface area contributed by atoms with Gasteiger partial charge in [-0.05, 0) is 49.6 Å². The molecule has 1 unspecified atom stereocenters. The third-order valence-corrected chi connectivity index (χ3v) is 3.38. The van der Waals surface area contributed by atoms with Crippen molar-refractivity contribution in [3.63, 3.8) is 0 Å². The molecular weight excluding hydrogens is 252 g/mol. The molecule has 0 aliphatic carbocycles. The quantitative estimate of drug-likeness (QED) is 0.901. The number of benzene rings is 2. The van der Waals surface area contributed by atoms with Gasteiger partial charge < -0.3 is 9.84 Å². The molecule has 0 heterocycles. The largest absolute Gasteiger partial charge is 0.481 e. The summed E-state index contributed by atoms with van der Waals surface area (Å²) in [5.74, 6) is 0.230. The van der Waals surface area contributed by atoms with Gasteiger partial charge in [0.15, 0.2) is 0 Å². The monoisotopic (exact) mass is 270 g/mol. The molecule has 3 nitrogen and oxygen atoms in total. The van der Waals surface area contributed by atoms with Gasteiger partial charge in [0, 0.05) is 0 Å². The van der Waals surface area contributed by atoms with Crippen molar-refractivity contribution in [1.29, 1.82) is 0 Å². The molecule has 3 heteroatoms. The predicted molar refractivity (Wildman–Crippen MR) is 78.5 cm³/mol. The molecule has 0 saturated heterocycles. The van der Waals surface area contributed by atoms with Crippen LogP contribution in [0.15, 0.2) is 42.5 Å². The Hall–Kier alpha value is -2.29. The minimum atomic E-state index is -0.826. The van der Waals surface area contributed by atoms with E-state index < -0.39 is 11.9 Å². The lowest BCUT2D eigenvalue weighted by molar-refractivity contribution is -0.138. The molecule has 0 aliphatic rings. The van der Waals surface area contributed by atoms with Gasteiger partial charge in [-0.3, -0.25) is 4.79 Å². The van der Waals surface area contributed by atoms with Crippen LogP contribution >= 0.6 is 0 Å². The SMILES string of the molecule is Cc1cccc(C)c1Oc1ccc(C(C)C(=O)O)cc1. The molecule has 0 saturated carbocycles. The van der Waals surface area contributed by atoms with Crippen LogP contribution < -0.4 is 4.74 Å². The van der Waals surface area contributed by atoms with Gasteiger partial charge in [0.05, 0.1) is 5.92 Å². The van der Waals surface area contributed by atoms with Crippen LogP contribution in [0, 0.1) is 13.8 Å². The Bertz CT molecular complexity index is 594. The Kier molecular flexibility index (Phi) is 4.08. The highest BCUT2D eigenvalue weighted by atomic mass is 16.5. The summed E-state index contributed by atoms with van der Waals surface area (Å²) >= 11 is 0. The Morgan fingerprint density at radius 2 is 1.60 bits per heavy atom. The maximum absolute atomic E-state index is 10.9. The number of aliphatic carboxylic acids is 1. The number of ether oxygens (including phenoxy) is 1. The summed E-state index contributed by atoms with van der Waals surface area (Å²) in [4.78, 5) is 10.9. The average molecular weight is 270 g/mol.